The van der Waals surface area contributed by atoms with Gasteiger partial charge in [0.1, 0.15) is 12.4 Å². The molecule has 0 aliphatic heterocycles. The van der Waals surface area contributed by atoms with Gasteiger partial charge < -0.3 is 14.4 Å². The van der Waals surface area contributed by atoms with Crippen LogP contribution in [0, 0.1) is 0 Å². The van der Waals surface area contributed by atoms with E-state index in [0.717, 1.165) is 18.7 Å². The number of nitrogens with zero attached hydrogens (tertiary/aromatic N) is 1. The molecule has 0 N–H and O–H groups in total. The molecule has 4 nitrogen and oxygen atoms in total. The maximum Gasteiger partial charge on any atom is 0.513 e. The number of anilines is 1. The Morgan fingerprint density at radius 2 is 1.53 bits per heavy atom. The summed E-state index contributed by atoms with van der Waals surface area (Å²) in [5, 5.41) is 0. The van der Waals surface area contributed by atoms with E-state index in [2.05, 4.69) is 43.0 Å². The van der Waals surface area contributed by atoms with Gasteiger partial charge in [-0.2, -0.15) is 0 Å². The standard InChI is InChI=1S/C26H29NO3/c1-3-27(24-12-8-5-9-13-24)18-19-29-26(28)30-25-16-14-23(15-17-25)21(2)20-22-10-6-4-7-11-22/h4-17,21H,3,18-20H2,1-2H3. The van der Waals surface area contributed by atoms with Gasteiger partial charge in [0.15, 0.2) is 0 Å². The number of hydrogen-bond donors (Lipinski definition) is 0. The molecule has 3 aromatic carbocycles. The summed E-state index contributed by atoms with van der Waals surface area (Å²) in [5.41, 5.74) is 3.63. The smallest absolute Gasteiger partial charge is 0.432 e. The van der Waals surface area contributed by atoms with Crippen LogP contribution in [0.25, 0.3) is 0 Å². The third-order valence-corrected chi connectivity index (χ3v) is 5.12. The molecule has 0 aromatic heterocycles. The van der Waals surface area contributed by atoms with Crippen LogP contribution in [0.1, 0.15) is 30.9 Å². The van der Waals surface area contributed by atoms with E-state index in [4.69, 9.17) is 9.47 Å². The maximum absolute atomic E-state index is 12.0. The Morgan fingerprint density at radius 1 is 0.900 bits per heavy atom. The van der Waals surface area contributed by atoms with Gasteiger partial charge in [-0.25, -0.2) is 4.79 Å². The lowest BCUT2D eigenvalue weighted by molar-refractivity contribution is 0.101. The predicted octanol–water partition coefficient (Wildman–Crippen LogP) is 6.07. The molecule has 0 radical (unpaired) electrons. The fourth-order valence-corrected chi connectivity index (χ4v) is 3.42. The van der Waals surface area contributed by atoms with Gasteiger partial charge in [0.25, 0.3) is 0 Å². The fourth-order valence-electron chi connectivity index (χ4n) is 3.42. The minimum absolute atomic E-state index is 0.272. The van der Waals surface area contributed by atoms with Crippen LogP contribution in [-0.2, 0) is 11.2 Å². The van der Waals surface area contributed by atoms with E-state index in [1.807, 2.05) is 60.7 Å². The summed E-state index contributed by atoms with van der Waals surface area (Å²) >= 11 is 0. The minimum atomic E-state index is -0.677. The Balaban J connectivity index is 1.45. The minimum Gasteiger partial charge on any atom is -0.432 e. The lowest BCUT2D eigenvalue weighted by Crippen LogP contribution is -2.28. The van der Waals surface area contributed by atoms with Crippen molar-refractivity contribution >= 4 is 11.8 Å². The van der Waals surface area contributed by atoms with Crippen molar-refractivity contribution in [1.29, 1.82) is 0 Å². The molecule has 0 saturated carbocycles. The number of likely N-dealkylation sites (N-methyl/N-ethyl adjacent to an activating group) is 1. The van der Waals surface area contributed by atoms with Crippen LogP contribution in [0.15, 0.2) is 84.9 Å². The molecule has 4 heteroatoms. The highest BCUT2D eigenvalue weighted by Gasteiger charge is 2.11. The highest BCUT2D eigenvalue weighted by molar-refractivity contribution is 5.63. The molecule has 156 valence electrons. The third kappa shape index (κ3) is 6.38. The monoisotopic (exact) mass is 403 g/mol. The zero-order valence-corrected chi connectivity index (χ0v) is 17.7. The summed E-state index contributed by atoms with van der Waals surface area (Å²) in [5.74, 6) is 0.873. The lowest BCUT2D eigenvalue weighted by Gasteiger charge is -2.22. The average Bonchev–Trinajstić information content (AvgIpc) is 2.78. The maximum atomic E-state index is 12.0. The first kappa shape index (κ1) is 21.4. The number of hydrogen-bond acceptors (Lipinski definition) is 4. The normalized spacial score (nSPS) is 11.5. The van der Waals surface area contributed by atoms with Crippen molar-refractivity contribution in [3.8, 4) is 5.75 Å². The number of benzene rings is 3. The fraction of sp³-hybridized carbons (Fsp3) is 0.269. The van der Waals surface area contributed by atoms with Gasteiger partial charge in [-0.1, -0.05) is 67.6 Å². The van der Waals surface area contributed by atoms with Gasteiger partial charge in [-0.3, -0.25) is 0 Å². The molecule has 0 amide bonds. The largest absolute Gasteiger partial charge is 0.513 e. The lowest BCUT2D eigenvalue weighted by atomic mass is 9.94. The van der Waals surface area contributed by atoms with E-state index in [1.54, 1.807) is 0 Å². The van der Waals surface area contributed by atoms with Crippen molar-refractivity contribution in [2.45, 2.75) is 26.2 Å². The van der Waals surface area contributed by atoms with E-state index in [9.17, 15) is 4.79 Å². The van der Waals surface area contributed by atoms with E-state index < -0.39 is 6.16 Å². The molecule has 0 aliphatic carbocycles. The molecular weight excluding hydrogens is 374 g/mol. The summed E-state index contributed by atoms with van der Waals surface area (Å²) in [6.07, 6.45) is 0.294. The van der Waals surface area contributed by atoms with Crippen molar-refractivity contribution in [2.75, 3.05) is 24.6 Å². The predicted molar refractivity (Wildman–Crippen MR) is 121 cm³/mol. The van der Waals surface area contributed by atoms with Crippen LogP contribution in [0.3, 0.4) is 0 Å². The number of carbonyl (C=O) groups is 1. The first-order valence-corrected chi connectivity index (χ1v) is 10.4. The van der Waals surface area contributed by atoms with E-state index in [-0.39, 0.29) is 6.61 Å². The second-order valence-corrected chi connectivity index (χ2v) is 7.28. The highest BCUT2D eigenvalue weighted by atomic mass is 16.7. The molecule has 30 heavy (non-hydrogen) atoms. The molecule has 1 atom stereocenters. The SMILES string of the molecule is CCN(CCOC(=O)Oc1ccc(C(C)Cc2ccccc2)cc1)c1ccccc1. The summed E-state index contributed by atoms with van der Waals surface area (Å²) in [7, 11) is 0. The van der Waals surface area contributed by atoms with Gasteiger partial charge in [-0.15, -0.1) is 0 Å². The second-order valence-electron chi connectivity index (χ2n) is 7.28. The summed E-state index contributed by atoms with van der Waals surface area (Å²) in [6.45, 7) is 6.00. The van der Waals surface area contributed by atoms with Crippen molar-refractivity contribution < 1.29 is 14.3 Å². The summed E-state index contributed by atoms with van der Waals surface area (Å²) < 4.78 is 10.6. The quantitative estimate of drug-likeness (QED) is 0.321. The Labute approximate surface area is 179 Å². The third-order valence-electron chi connectivity index (χ3n) is 5.12. The molecule has 0 fully saturated rings. The average molecular weight is 404 g/mol. The van der Waals surface area contributed by atoms with Crippen molar-refractivity contribution in [2.24, 2.45) is 0 Å². The van der Waals surface area contributed by atoms with Crippen LogP contribution in [0.5, 0.6) is 5.75 Å². The van der Waals surface area contributed by atoms with Gasteiger partial charge in [0.2, 0.25) is 0 Å². The number of ether oxygens (including phenoxy) is 2. The molecular formula is C26H29NO3. The number of carbonyl (C=O) groups excluding carboxylic acids is 1. The molecule has 0 aliphatic rings. The van der Waals surface area contributed by atoms with Crippen LogP contribution >= 0.6 is 0 Å². The van der Waals surface area contributed by atoms with E-state index in [0.29, 0.717) is 18.2 Å². The molecule has 3 rings (SSSR count). The second kappa shape index (κ2) is 11.1. The summed E-state index contributed by atoms with van der Waals surface area (Å²) in [4.78, 5) is 14.2. The highest BCUT2D eigenvalue weighted by Crippen LogP contribution is 2.23. The Bertz CT molecular complexity index is 895. The van der Waals surface area contributed by atoms with Crippen molar-refractivity contribution in [3.63, 3.8) is 0 Å². The molecule has 0 saturated heterocycles. The van der Waals surface area contributed by atoms with Gasteiger partial charge in [-0.05, 0) is 54.7 Å². The first-order valence-electron chi connectivity index (χ1n) is 10.4. The Morgan fingerprint density at radius 3 is 2.17 bits per heavy atom. The zero-order chi connectivity index (χ0) is 21.2. The van der Waals surface area contributed by atoms with E-state index in [1.165, 1.54) is 11.1 Å². The van der Waals surface area contributed by atoms with Gasteiger partial charge in [0, 0.05) is 12.2 Å². The Hall–Kier alpha value is -3.27. The summed E-state index contributed by atoms with van der Waals surface area (Å²) in [6, 6.07) is 28.1. The van der Waals surface area contributed by atoms with Gasteiger partial charge >= 0.3 is 6.16 Å². The van der Waals surface area contributed by atoms with Crippen LogP contribution in [-0.4, -0.2) is 25.9 Å². The molecule has 0 heterocycles. The van der Waals surface area contributed by atoms with Crippen molar-refractivity contribution in [1.82, 2.24) is 0 Å². The van der Waals surface area contributed by atoms with Crippen LogP contribution in [0.2, 0.25) is 0 Å². The van der Waals surface area contributed by atoms with Gasteiger partial charge in [0.05, 0.1) is 6.54 Å². The van der Waals surface area contributed by atoms with Crippen LogP contribution < -0.4 is 9.64 Å². The number of para-hydroxylation sites is 1. The number of rotatable bonds is 9. The zero-order valence-electron chi connectivity index (χ0n) is 17.7. The van der Waals surface area contributed by atoms with E-state index >= 15 is 0 Å². The molecule has 0 bridgehead atoms. The molecule has 0 spiro atoms. The topological polar surface area (TPSA) is 38.8 Å². The van der Waals surface area contributed by atoms with Crippen LogP contribution in [0.4, 0.5) is 10.5 Å². The Kier molecular flexibility index (Phi) is 7.90. The molecule has 3 aromatic rings. The molecule has 1 unspecified atom stereocenters. The first-order chi connectivity index (χ1) is 14.7. The van der Waals surface area contributed by atoms with Crippen molar-refractivity contribution in [3.05, 3.63) is 96.1 Å².